The van der Waals surface area contributed by atoms with Crippen LogP contribution in [0.15, 0.2) is 84.9 Å². The summed E-state index contributed by atoms with van der Waals surface area (Å²) in [6.45, 7) is 3.92. The standard InChI is InChI=1S/C29H23ClN2O3/c1-29(2)25(16-21(17-31)19-7-4-3-5-8-19)27(29)28(33)35-26(18-32)20-9-6-10-24(15-20)34-23-13-11-22(30)12-14-23/h3-16,25-27H,1-2H3/t25-,26?,27+/m0/s1. The van der Waals surface area contributed by atoms with Crippen molar-refractivity contribution in [2.75, 3.05) is 0 Å². The van der Waals surface area contributed by atoms with E-state index >= 15 is 0 Å². The fourth-order valence-electron chi connectivity index (χ4n) is 4.17. The highest BCUT2D eigenvalue weighted by atomic mass is 35.5. The second kappa shape index (κ2) is 10.1. The molecule has 0 aliphatic heterocycles. The normalized spacial score (nSPS) is 19.1. The zero-order chi connectivity index (χ0) is 25.0. The predicted octanol–water partition coefficient (Wildman–Crippen LogP) is 7.12. The van der Waals surface area contributed by atoms with E-state index in [1.807, 2.05) is 50.3 Å². The number of nitrogens with zero attached hydrogens (tertiary/aromatic N) is 2. The van der Waals surface area contributed by atoms with Gasteiger partial charge in [-0.25, -0.2) is 0 Å². The molecule has 1 saturated carbocycles. The number of allylic oxidation sites excluding steroid dienone is 2. The highest BCUT2D eigenvalue weighted by molar-refractivity contribution is 6.30. The maximum absolute atomic E-state index is 13.1. The number of esters is 1. The summed E-state index contributed by atoms with van der Waals surface area (Å²) in [5.74, 6) is 0.0354. The van der Waals surface area contributed by atoms with Crippen LogP contribution in [0.1, 0.15) is 31.1 Å². The van der Waals surface area contributed by atoms with Gasteiger partial charge in [-0.3, -0.25) is 4.79 Å². The minimum atomic E-state index is -1.08. The molecule has 4 rings (SSSR count). The average molecular weight is 483 g/mol. The molecular formula is C29H23ClN2O3. The quantitative estimate of drug-likeness (QED) is 0.264. The summed E-state index contributed by atoms with van der Waals surface area (Å²) in [6, 6.07) is 27.5. The summed E-state index contributed by atoms with van der Waals surface area (Å²) in [6.07, 6.45) is 0.755. The van der Waals surface area contributed by atoms with E-state index in [1.54, 1.807) is 48.5 Å². The smallest absolute Gasteiger partial charge is 0.311 e. The molecule has 1 aliphatic carbocycles. The van der Waals surface area contributed by atoms with Crippen LogP contribution < -0.4 is 4.74 Å². The average Bonchev–Trinajstić information content (AvgIpc) is 3.42. The summed E-state index contributed by atoms with van der Waals surface area (Å²) in [7, 11) is 0. The van der Waals surface area contributed by atoms with Gasteiger partial charge in [0.25, 0.3) is 0 Å². The Hall–Kier alpha value is -4.06. The molecule has 0 spiro atoms. The van der Waals surface area contributed by atoms with E-state index in [2.05, 4.69) is 12.1 Å². The first kappa shape index (κ1) is 24.1. The minimum Gasteiger partial charge on any atom is -0.457 e. The van der Waals surface area contributed by atoms with Gasteiger partial charge in [-0.05, 0) is 53.3 Å². The third-order valence-electron chi connectivity index (χ3n) is 6.28. The molecule has 3 aromatic rings. The van der Waals surface area contributed by atoms with E-state index in [9.17, 15) is 15.3 Å². The molecule has 0 aromatic heterocycles. The van der Waals surface area contributed by atoms with Gasteiger partial charge < -0.3 is 9.47 Å². The summed E-state index contributed by atoms with van der Waals surface area (Å²) >= 11 is 5.92. The molecular weight excluding hydrogens is 460 g/mol. The highest BCUT2D eigenvalue weighted by Gasteiger charge is 2.62. The van der Waals surface area contributed by atoms with Crippen LogP contribution in [0.3, 0.4) is 0 Å². The Kier molecular flexibility index (Phi) is 6.92. The van der Waals surface area contributed by atoms with Crippen molar-refractivity contribution in [2.45, 2.75) is 20.0 Å². The van der Waals surface area contributed by atoms with Crippen molar-refractivity contribution in [3.8, 4) is 23.6 Å². The molecule has 0 amide bonds. The van der Waals surface area contributed by atoms with Gasteiger partial charge in [0.15, 0.2) is 0 Å². The van der Waals surface area contributed by atoms with Crippen molar-refractivity contribution >= 4 is 23.1 Å². The Morgan fingerprint density at radius 2 is 1.71 bits per heavy atom. The summed E-state index contributed by atoms with van der Waals surface area (Å²) in [4.78, 5) is 13.1. The largest absolute Gasteiger partial charge is 0.457 e. The topological polar surface area (TPSA) is 83.1 Å². The molecule has 0 saturated heterocycles. The van der Waals surface area contributed by atoms with Crippen LogP contribution in [-0.2, 0) is 9.53 Å². The van der Waals surface area contributed by atoms with E-state index in [-0.39, 0.29) is 11.3 Å². The SMILES string of the molecule is CC1(C)[C@@H](C=C(C#N)c2ccccc2)[C@@H]1C(=O)OC(C#N)c1cccc(Oc2ccc(Cl)cc2)c1. The number of carbonyl (C=O) groups is 1. The van der Waals surface area contributed by atoms with E-state index in [1.165, 1.54) is 0 Å². The number of hydrogen-bond acceptors (Lipinski definition) is 5. The molecule has 0 radical (unpaired) electrons. The second-order valence-corrected chi connectivity index (χ2v) is 9.39. The molecule has 1 fully saturated rings. The van der Waals surface area contributed by atoms with Crippen LogP contribution >= 0.6 is 11.6 Å². The molecule has 6 heteroatoms. The molecule has 0 N–H and O–H groups in total. The Morgan fingerprint density at radius 3 is 2.37 bits per heavy atom. The van der Waals surface area contributed by atoms with E-state index in [0.717, 1.165) is 5.56 Å². The van der Waals surface area contributed by atoms with Gasteiger partial charge in [0, 0.05) is 10.6 Å². The third kappa shape index (κ3) is 5.38. The van der Waals surface area contributed by atoms with Gasteiger partial charge in [-0.1, -0.05) is 74.0 Å². The van der Waals surface area contributed by atoms with Gasteiger partial charge in [0.2, 0.25) is 6.10 Å². The first-order chi connectivity index (χ1) is 16.8. The lowest BCUT2D eigenvalue weighted by Crippen LogP contribution is -2.14. The number of carbonyl (C=O) groups excluding carboxylic acids is 1. The van der Waals surface area contributed by atoms with Gasteiger partial charge >= 0.3 is 5.97 Å². The molecule has 5 nitrogen and oxygen atoms in total. The van der Waals surface area contributed by atoms with Gasteiger partial charge in [0.1, 0.15) is 17.6 Å². The Morgan fingerprint density at radius 1 is 1.00 bits per heavy atom. The van der Waals surface area contributed by atoms with Crippen molar-refractivity contribution in [3.63, 3.8) is 0 Å². The molecule has 3 atom stereocenters. The van der Waals surface area contributed by atoms with Crippen LogP contribution in [0.25, 0.3) is 5.57 Å². The zero-order valence-corrected chi connectivity index (χ0v) is 20.1. The molecule has 0 heterocycles. The molecule has 174 valence electrons. The number of nitriles is 2. The van der Waals surface area contributed by atoms with Gasteiger partial charge in [-0.2, -0.15) is 10.5 Å². The first-order valence-corrected chi connectivity index (χ1v) is 11.5. The highest BCUT2D eigenvalue weighted by Crippen LogP contribution is 2.60. The molecule has 1 aliphatic rings. The lowest BCUT2D eigenvalue weighted by molar-refractivity contribution is -0.149. The first-order valence-electron chi connectivity index (χ1n) is 11.1. The number of halogens is 1. The monoisotopic (exact) mass is 482 g/mol. The minimum absolute atomic E-state index is 0.163. The van der Waals surface area contributed by atoms with Crippen molar-refractivity contribution in [1.82, 2.24) is 0 Å². The Balaban J connectivity index is 1.48. The van der Waals surface area contributed by atoms with Crippen LogP contribution in [0, 0.1) is 39.9 Å². The summed E-state index contributed by atoms with van der Waals surface area (Å²) in [5.41, 5.74) is 1.45. The van der Waals surface area contributed by atoms with Crippen LogP contribution in [0.5, 0.6) is 11.5 Å². The van der Waals surface area contributed by atoms with E-state index in [0.29, 0.717) is 27.7 Å². The lowest BCUT2D eigenvalue weighted by atomic mass is 10.0. The van der Waals surface area contributed by atoms with Gasteiger partial charge in [0.05, 0.1) is 17.6 Å². The van der Waals surface area contributed by atoms with Crippen molar-refractivity contribution in [3.05, 3.63) is 101 Å². The number of rotatable bonds is 7. The summed E-state index contributed by atoms with van der Waals surface area (Å²) < 4.78 is 11.5. The molecule has 3 aromatic carbocycles. The van der Waals surface area contributed by atoms with Gasteiger partial charge in [-0.15, -0.1) is 0 Å². The number of hydrogen-bond donors (Lipinski definition) is 0. The third-order valence-corrected chi connectivity index (χ3v) is 6.53. The van der Waals surface area contributed by atoms with Crippen molar-refractivity contribution in [1.29, 1.82) is 10.5 Å². The number of ether oxygens (including phenoxy) is 2. The lowest BCUT2D eigenvalue weighted by Gasteiger charge is -2.13. The molecule has 1 unspecified atom stereocenters. The van der Waals surface area contributed by atoms with Crippen LogP contribution in [-0.4, -0.2) is 5.97 Å². The van der Waals surface area contributed by atoms with E-state index < -0.39 is 18.0 Å². The fraction of sp³-hybridized carbons (Fsp3) is 0.207. The maximum atomic E-state index is 13.1. The fourth-order valence-corrected chi connectivity index (χ4v) is 4.30. The van der Waals surface area contributed by atoms with Crippen LogP contribution in [0.2, 0.25) is 5.02 Å². The number of benzene rings is 3. The van der Waals surface area contributed by atoms with E-state index in [4.69, 9.17) is 21.1 Å². The van der Waals surface area contributed by atoms with Crippen molar-refractivity contribution in [2.24, 2.45) is 17.3 Å². The maximum Gasteiger partial charge on any atom is 0.311 e. The molecule has 0 bridgehead atoms. The van der Waals surface area contributed by atoms with Crippen molar-refractivity contribution < 1.29 is 14.3 Å². The predicted molar refractivity (Wildman–Crippen MR) is 133 cm³/mol. The second-order valence-electron chi connectivity index (χ2n) is 8.96. The zero-order valence-electron chi connectivity index (χ0n) is 19.3. The van der Waals surface area contributed by atoms with Crippen LogP contribution in [0.4, 0.5) is 0 Å². The Bertz CT molecular complexity index is 1330. The Labute approximate surface area is 209 Å². The summed E-state index contributed by atoms with van der Waals surface area (Å²) in [5, 5.41) is 20.0. The molecule has 35 heavy (non-hydrogen) atoms.